The largest absolute Gasteiger partial charge is 0.491 e. The van der Waals surface area contributed by atoms with Crippen molar-refractivity contribution in [3.63, 3.8) is 0 Å². The fraction of sp³-hybridized carbons (Fsp3) is 0.250. The summed E-state index contributed by atoms with van der Waals surface area (Å²) in [6, 6.07) is 11.7. The predicted octanol–water partition coefficient (Wildman–Crippen LogP) is 3.64. The Balaban J connectivity index is 1.77. The third-order valence-corrected chi connectivity index (χ3v) is 3.21. The summed E-state index contributed by atoms with van der Waals surface area (Å²) in [5, 5.41) is 13.5. The van der Waals surface area contributed by atoms with Gasteiger partial charge >= 0.3 is 0 Å². The van der Waals surface area contributed by atoms with E-state index in [-0.39, 0.29) is 12.4 Å². The Morgan fingerprint density at radius 2 is 1.95 bits per heavy atom. The highest BCUT2D eigenvalue weighted by Gasteiger charge is 2.06. The van der Waals surface area contributed by atoms with Crippen molar-refractivity contribution in [2.24, 2.45) is 0 Å². The Labute approximate surface area is 128 Å². The number of ether oxygens (including phenoxy) is 1. The Kier molecular flexibility index (Phi) is 5.42. The van der Waals surface area contributed by atoms with E-state index in [4.69, 9.17) is 16.3 Å². The fourth-order valence-electron chi connectivity index (χ4n) is 1.77. The molecule has 0 saturated heterocycles. The van der Waals surface area contributed by atoms with E-state index in [1.807, 2.05) is 0 Å². The second-order valence-corrected chi connectivity index (χ2v) is 5.20. The summed E-state index contributed by atoms with van der Waals surface area (Å²) < 4.78 is 18.6. The van der Waals surface area contributed by atoms with Crippen molar-refractivity contribution >= 4 is 17.3 Å². The quantitative estimate of drug-likeness (QED) is 0.856. The van der Waals surface area contributed by atoms with Crippen LogP contribution < -0.4 is 10.1 Å². The number of hydrogen-bond donors (Lipinski definition) is 2. The molecule has 0 aromatic heterocycles. The second kappa shape index (κ2) is 7.29. The monoisotopic (exact) mass is 309 g/mol. The molecule has 1 atom stereocenters. The van der Waals surface area contributed by atoms with Crippen LogP contribution in [-0.4, -0.2) is 24.4 Å². The molecule has 2 N–H and O–H groups in total. The Hall–Kier alpha value is -1.78. The third kappa shape index (κ3) is 4.92. The summed E-state index contributed by atoms with van der Waals surface area (Å²) >= 11 is 5.77. The zero-order valence-corrected chi connectivity index (χ0v) is 12.4. The Bertz CT molecular complexity index is 589. The van der Waals surface area contributed by atoms with Gasteiger partial charge in [-0.1, -0.05) is 11.6 Å². The minimum absolute atomic E-state index is 0.162. The highest BCUT2D eigenvalue weighted by atomic mass is 35.5. The molecule has 2 aromatic rings. The molecule has 0 heterocycles. The maximum atomic E-state index is 13.1. The standard InChI is InChI=1S/C16H17ClFNO2/c1-11-8-13(4-7-16(11)18)19-9-14(20)10-21-15-5-2-12(17)3-6-15/h2-8,14,19-20H,9-10H2,1H3. The number of rotatable bonds is 6. The lowest BCUT2D eigenvalue weighted by Gasteiger charge is -2.14. The van der Waals surface area contributed by atoms with Crippen LogP contribution >= 0.6 is 11.6 Å². The molecule has 0 bridgehead atoms. The van der Waals surface area contributed by atoms with Crippen molar-refractivity contribution in [2.45, 2.75) is 13.0 Å². The molecular formula is C16H17ClFNO2. The number of aliphatic hydroxyl groups is 1. The van der Waals surface area contributed by atoms with Gasteiger partial charge in [0.1, 0.15) is 24.3 Å². The predicted molar refractivity (Wildman–Crippen MR) is 82.6 cm³/mol. The van der Waals surface area contributed by atoms with Gasteiger partial charge in [0.05, 0.1) is 0 Å². The molecule has 0 amide bonds. The molecule has 2 aromatic carbocycles. The molecule has 0 saturated carbocycles. The van der Waals surface area contributed by atoms with E-state index < -0.39 is 6.10 Å². The van der Waals surface area contributed by atoms with Gasteiger partial charge in [0.15, 0.2) is 0 Å². The van der Waals surface area contributed by atoms with E-state index in [0.29, 0.717) is 22.9 Å². The Morgan fingerprint density at radius 1 is 1.24 bits per heavy atom. The number of anilines is 1. The molecular weight excluding hydrogens is 293 g/mol. The molecule has 0 fully saturated rings. The Morgan fingerprint density at radius 3 is 2.62 bits per heavy atom. The SMILES string of the molecule is Cc1cc(NCC(O)COc2ccc(Cl)cc2)ccc1F. The summed E-state index contributed by atoms with van der Waals surface area (Å²) in [5.41, 5.74) is 1.33. The minimum atomic E-state index is -0.675. The number of aliphatic hydroxyl groups excluding tert-OH is 1. The molecule has 0 aliphatic rings. The van der Waals surface area contributed by atoms with Crippen LogP contribution in [0, 0.1) is 12.7 Å². The van der Waals surface area contributed by atoms with Crippen molar-refractivity contribution in [2.75, 3.05) is 18.5 Å². The molecule has 0 radical (unpaired) electrons. The van der Waals surface area contributed by atoms with Gasteiger partial charge in [0.25, 0.3) is 0 Å². The highest BCUT2D eigenvalue weighted by molar-refractivity contribution is 6.30. The topological polar surface area (TPSA) is 41.5 Å². The summed E-state index contributed by atoms with van der Waals surface area (Å²) in [7, 11) is 0. The summed E-state index contributed by atoms with van der Waals surface area (Å²) in [6.45, 7) is 2.17. The van der Waals surface area contributed by atoms with Gasteiger partial charge < -0.3 is 15.2 Å². The van der Waals surface area contributed by atoms with Gasteiger partial charge in [-0.25, -0.2) is 4.39 Å². The average Bonchev–Trinajstić information content (AvgIpc) is 2.48. The summed E-state index contributed by atoms with van der Waals surface area (Å²) in [6.07, 6.45) is -0.675. The normalized spacial score (nSPS) is 12.0. The smallest absolute Gasteiger partial charge is 0.126 e. The minimum Gasteiger partial charge on any atom is -0.491 e. The van der Waals surface area contributed by atoms with Crippen molar-refractivity contribution in [3.8, 4) is 5.75 Å². The highest BCUT2D eigenvalue weighted by Crippen LogP contribution is 2.16. The first kappa shape index (κ1) is 15.6. The maximum Gasteiger partial charge on any atom is 0.126 e. The van der Waals surface area contributed by atoms with Gasteiger partial charge in [-0.2, -0.15) is 0 Å². The molecule has 0 aliphatic carbocycles. The molecule has 112 valence electrons. The number of halogens is 2. The fourth-order valence-corrected chi connectivity index (χ4v) is 1.90. The summed E-state index contributed by atoms with van der Waals surface area (Å²) in [5.74, 6) is 0.406. The van der Waals surface area contributed by atoms with Gasteiger partial charge in [-0.15, -0.1) is 0 Å². The van der Waals surface area contributed by atoms with Crippen molar-refractivity contribution in [1.82, 2.24) is 0 Å². The average molecular weight is 310 g/mol. The van der Waals surface area contributed by atoms with E-state index >= 15 is 0 Å². The van der Waals surface area contributed by atoms with E-state index in [9.17, 15) is 9.50 Å². The molecule has 2 rings (SSSR count). The van der Waals surface area contributed by atoms with Crippen LogP contribution in [0.15, 0.2) is 42.5 Å². The van der Waals surface area contributed by atoms with E-state index in [2.05, 4.69) is 5.32 Å². The van der Waals surface area contributed by atoms with Crippen LogP contribution in [-0.2, 0) is 0 Å². The lowest BCUT2D eigenvalue weighted by Crippen LogP contribution is -2.26. The van der Waals surface area contributed by atoms with Crippen LogP contribution in [0.5, 0.6) is 5.75 Å². The molecule has 1 unspecified atom stereocenters. The van der Waals surface area contributed by atoms with Gasteiger partial charge in [-0.3, -0.25) is 0 Å². The molecule has 21 heavy (non-hydrogen) atoms. The zero-order valence-electron chi connectivity index (χ0n) is 11.6. The number of aryl methyl sites for hydroxylation is 1. The number of hydrogen-bond acceptors (Lipinski definition) is 3. The first-order valence-electron chi connectivity index (χ1n) is 6.61. The molecule has 0 spiro atoms. The second-order valence-electron chi connectivity index (χ2n) is 4.76. The van der Waals surface area contributed by atoms with Crippen molar-refractivity contribution in [3.05, 3.63) is 58.9 Å². The van der Waals surface area contributed by atoms with Crippen molar-refractivity contribution < 1.29 is 14.2 Å². The maximum absolute atomic E-state index is 13.1. The van der Waals surface area contributed by atoms with Gasteiger partial charge in [-0.05, 0) is 55.0 Å². The van der Waals surface area contributed by atoms with Gasteiger partial charge in [0, 0.05) is 17.3 Å². The lowest BCUT2D eigenvalue weighted by molar-refractivity contribution is 0.117. The van der Waals surface area contributed by atoms with Crippen LogP contribution in [0.3, 0.4) is 0 Å². The molecule has 0 aliphatic heterocycles. The van der Waals surface area contributed by atoms with Crippen molar-refractivity contribution in [1.29, 1.82) is 0 Å². The number of benzene rings is 2. The third-order valence-electron chi connectivity index (χ3n) is 2.96. The first-order chi connectivity index (χ1) is 10.0. The van der Waals surface area contributed by atoms with Crippen LogP contribution in [0.25, 0.3) is 0 Å². The lowest BCUT2D eigenvalue weighted by atomic mass is 10.2. The summed E-state index contributed by atoms with van der Waals surface area (Å²) in [4.78, 5) is 0. The van der Waals surface area contributed by atoms with E-state index in [1.165, 1.54) is 6.07 Å². The van der Waals surface area contributed by atoms with Crippen LogP contribution in [0.4, 0.5) is 10.1 Å². The van der Waals surface area contributed by atoms with Gasteiger partial charge in [0.2, 0.25) is 0 Å². The number of nitrogens with one attached hydrogen (secondary N) is 1. The first-order valence-corrected chi connectivity index (χ1v) is 6.99. The zero-order chi connectivity index (χ0) is 15.2. The molecule has 5 heteroatoms. The van der Waals surface area contributed by atoms with E-state index in [1.54, 1.807) is 43.3 Å². The van der Waals surface area contributed by atoms with Crippen LogP contribution in [0.1, 0.15) is 5.56 Å². The van der Waals surface area contributed by atoms with E-state index in [0.717, 1.165) is 5.69 Å². The van der Waals surface area contributed by atoms with Crippen LogP contribution in [0.2, 0.25) is 5.02 Å². The molecule has 3 nitrogen and oxygen atoms in total.